The molecule has 0 aliphatic heterocycles. The van der Waals surface area contributed by atoms with Crippen LogP contribution in [0.2, 0.25) is 0 Å². The Bertz CT molecular complexity index is 349. The Hall–Kier alpha value is 0.480. The van der Waals surface area contributed by atoms with Crippen molar-refractivity contribution < 1.29 is 8.83 Å². The fourth-order valence-electron chi connectivity index (χ4n) is 2.33. The topological polar surface area (TPSA) is 48.7 Å². The Labute approximate surface area is 149 Å². The molecule has 5 nitrogen and oxygen atoms in total. The van der Waals surface area contributed by atoms with Gasteiger partial charge in [-0.2, -0.15) is 5.26 Å². The normalized spacial score (nSPS) is 15.2. The van der Waals surface area contributed by atoms with Crippen LogP contribution in [-0.2, 0) is 8.83 Å². The van der Waals surface area contributed by atoms with Crippen molar-refractivity contribution in [3.63, 3.8) is 0 Å². The molecule has 8 heteroatoms. The molecule has 0 aromatic carbocycles. The monoisotopic (exact) mass is 383 g/mol. The second-order valence-corrected chi connectivity index (χ2v) is 10.1. The molecular weight excluding hydrogens is 352 g/mol. The summed E-state index contributed by atoms with van der Waals surface area (Å²) in [6.45, 7) is 17.3. The maximum absolute atomic E-state index is 8.74. The Morgan fingerprint density at radius 1 is 0.913 bits per heavy atom. The highest BCUT2D eigenvalue weighted by Crippen LogP contribution is 2.62. The van der Waals surface area contributed by atoms with E-state index in [4.69, 9.17) is 25.3 Å². The lowest BCUT2D eigenvalue weighted by Gasteiger charge is -2.39. The summed E-state index contributed by atoms with van der Waals surface area (Å²) < 4.78 is 16.4. The molecule has 0 saturated carbocycles. The molecule has 0 bridgehead atoms. The summed E-state index contributed by atoms with van der Waals surface area (Å²) in [7, 11) is -2.58. The first-order chi connectivity index (χ1) is 10.6. The minimum absolute atomic E-state index is 0.273. The highest BCUT2D eigenvalue weighted by molar-refractivity contribution is 7.81. The van der Waals surface area contributed by atoms with Crippen molar-refractivity contribution in [2.75, 3.05) is 6.61 Å². The molecule has 0 rings (SSSR count). The summed E-state index contributed by atoms with van der Waals surface area (Å²) in [5.74, 6) is 0. The quantitative estimate of drug-likeness (QED) is 0.330. The van der Waals surface area contributed by atoms with Gasteiger partial charge in [0.25, 0.3) is 8.53 Å². The Morgan fingerprint density at radius 2 is 1.35 bits per heavy atom. The molecule has 0 fully saturated rings. The van der Waals surface area contributed by atoms with Gasteiger partial charge in [0, 0.05) is 24.2 Å². The lowest BCUT2D eigenvalue weighted by molar-refractivity contribution is 0.217. The Morgan fingerprint density at radius 3 is 1.70 bits per heavy atom. The predicted octanol–water partition coefficient (Wildman–Crippen LogP) is 5.86. The van der Waals surface area contributed by atoms with Gasteiger partial charge >= 0.3 is 0 Å². The van der Waals surface area contributed by atoms with E-state index in [0.717, 1.165) is 0 Å². The molecule has 0 heterocycles. The van der Waals surface area contributed by atoms with Crippen LogP contribution in [0.1, 0.15) is 61.8 Å². The highest BCUT2D eigenvalue weighted by Gasteiger charge is 2.33. The number of hydrogen-bond acceptors (Lipinski definition) is 5. The van der Waals surface area contributed by atoms with Gasteiger partial charge in [0.15, 0.2) is 0 Å². The number of hydrogen-bond donors (Lipinski definition) is 0. The number of nitriles is 1. The van der Waals surface area contributed by atoms with Gasteiger partial charge in [-0.25, -0.2) is 9.34 Å². The number of nitrogens with zero attached hydrogens (tertiary/aromatic N) is 3. The van der Waals surface area contributed by atoms with Crippen LogP contribution in [0.4, 0.5) is 0 Å². The van der Waals surface area contributed by atoms with Crippen LogP contribution in [0.3, 0.4) is 0 Å². The van der Waals surface area contributed by atoms with Crippen LogP contribution >= 0.6 is 27.4 Å². The van der Waals surface area contributed by atoms with Crippen LogP contribution in [-0.4, -0.2) is 40.1 Å². The van der Waals surface area contributed by atoms with E-state index in [2.05, 4.69) is 70.8 Å². The first-order valence-corrected chi connectivity index (χ1v) is 11.4. The molecule has 0 aliphatic rings. The van der Waals surface area contributed by atoms with Crippen LogP contribution in [0.25, 0.3) is 0 Å². The third-order valence-electron chi connectivity index (χ3n) is 3.04. The van der Waals surface area contributed by atoms with Gasteiger partial charge in [0.1, 0.15) is 0 Å². The maximum atomic E-state index is 8.74. The van der Waals surface area contributed by atoms with Gasteiger partial charge in [-0.05, 0) is 66.6 Å². The summed E-state index contributed by atoms with van der Waals surface area (Å²) in [5, 5.41) is 8.74. The van der Waals surface area contributed by atoms with Crippen molar-refractivity contribution in [1.82, 2.24) is 9.34 Å². The predicted molar refractivity (Wildman–Crippen MR) is 101 cm³/mol. The van der Waals surface area contributed by atoms with Crippen molar-refractivity contribution in [3.05, 3.63) is 0 Å². The number of halogens is 1. The van der Waals surface area contributed by atoms with Crippen molar-refractivity contribution in [1.29, 1.82) is 5.26 Å². The van der Waals surface area contributed by atoms with Gasteiger partial charge in [0.05, 0.1) is 19.1 Å². The molecule has 0 aromatic rings. The first kappa shape index (κ1) is 23.5. The third-order valence-corrected chi connectivity index (χ3v) is 8.21. The van der Waals surface area contributed by atoms with Crippen molar-refractivity contribution in [2.24, 2.45) is 0 Å². The van der Waals surface area contributed by atoms with E-state index in [0.29, 0.717) is 25.1 Å². The van der Waals surface area contributed by atoms with E-state index < -0.39 is 16.2 Å². The second kappa shape index (κ2) is 11.9. The van der Waals surface area contributed by atoms with Gasteiger partial charge in [-0.15, -0.1) is 0 Å². The summed E-state index contributed by atoms with van der Waals surface area (Å²) in [6, 6.07) is 3.24. The molecule has 0 aromatic heterocycles. The number of rotatable bonds is 11. The highest BCUT2D eigenvalue weighted by atomic mass is 35.7. The molecular formula is C15H32ClN3O2P2. The lowest BCUT2D eigenvalue weighted by atomic mass is 10.3. The van der Waals surface area contributed by atoms with Crippen LogP contribution in [0.5, 0.6) is 0 Å². The smallest absolute Gasteiger partial charge is 0.264 e. The minimum Gasteiger partial charge on any atom is -0.321 e. The zero-order valence-electron chi connectivity index (χ0n) is 15.7. The molecule has 0 amide bonds. The second-order valence-electron chi connectivity index (χ2n) is 6.42. The van der Waals surface area contributed by atoms with E-state index in [1.54, 1.807) is 0 Å². The maximum Gasteiger partial charge on any atom is 0.264 e. The molecule has 0 radical (unpaired) electrons. The van der Waals surface area contributed by atoms with Gasteiger partial charge in [-0.3, -0.25) is 4.31 Å². The minimum atomic E-state index is -1.30. The molecule has 0 spiro atoms. The fourth-order valence-corrected chi connectivity index (χ4v) is 7.04. The molecule has 2 unspecified atom stereocenters. The van der Waals surface area contributed by atoms with Gasteiger partial charge in [-0.1, -0.05) is 0 Å². The van der Waals surface area contributed by atoms with Crippen LogP contribution in [0, 0.1) is 11.3 Å². The molecule has 2 atom stereocenters. The fraction of sp³-hybridized carbons (Fsp3) is 0.933. The van der Waals surface area contributed by atoms with Crippen molar-refractivity contribution >= 4 is 27.4 Å². The zero-order valence-corrected chi connectivity index (χ0v) is 18.2. The molecule has 0 aliphatic carbocycles. The van der Waals surface area contributed by atoms with Crippen molar-refractivity contribution in [3.8, 4) is 6.07 Å². The van der Waals surface area contributed by atoms with Crippen molar-refractivity contribution in [2.45, 2.75) is 86.0 Å². The van der Waals surface area contributed by atoms with E-state index in [-0.39, 0.29) is 12.1 Å². The van der Waals surface area contributed by atoms with Crippen LogP contribution in [0.15, 0.2) is 0 Å². The lowest BCUT2D eigenvalue weighted by Crippen LogP contribution is -2.35. The Balaban J connectivity index is 5.15. The Kier molecular flexibility index (Phi) is 12.2. The first-order valence-electron chi connectivity index (χ1n) is 8.13. The summed E-state index contributed by atoms with van der Waals surface area (Å²) in [5.41, 5.74) is 0. The third kappa shape index (κ3) is 8.41. The van der Waals surface area contributed by atoms with E-state index in [1.807, 2.05) is 0 Å². The summed E-state index contributed by atoms with van der Waals surface area (Å²) >= 11 is 6.61. The molecule has 0 saturated heterocycles. The molecule has 0 N–H and O–H groups in total. The zero-order chi connectivity index (χ0) is 18.2. The molecule has 23 heavy (non-hydrogen) atoms. The van der Waals surface area contributed by atoms with E-state index in [1.165, 1.54) is 0 Å². The summed E-state index contributed by atoms with van der Waals surface area (Å²) in [4.78, 5) is 0. The van der Waals surface area contributed by atoms with Gasteiger partial charge in [0.2, 0.25) is 7.65 Å². The average molecular weight is 384 g/mol. The average Bonchev–Trinajstić information content (AvgIpc) is 2.36. The SMILES string of the molecule is CC(C)N(C(C)C)P(Cl)OP(OCCC#N)N(C(C)C)C(C)C. The van der Waals surface area contributed by atoms with Crippen LogP contribution < -0.4 is 0 Å². The van der Waals surface area contributed by atoms with E-state index in [9.17, 15) is 0 Å². The van der Waals surface area contributed by atoms with E-state index >= 15 is 0 Å². The standard InChI is InChI=1S/C15H32ClN3O2P2/c1-12(2)18(13(3)4)22(16)21-23(20-11-9-10-17)19(14(5)6)15(7)8/h12-15H,9,11H2,1-8H3. The molecule has 136 valence electrons. The summed E-state index contributed by atoms with van der Waals surface area (Å²) in [6.07, 6.45) is 0.352. The van der Waals surface area contributed by atoms with Gasteiger partial charge < -0.3 is 4.52 Å². The largest absolute Gasteiger partial charge is 0.321 e.